The van der Waals surface area contributed by atoms with Gasteiger partial charge in [0.25, 0.3) is 10.0 Å². The summed E-state index contributed by atoms with van der Waals surface area (Å²) < 4.78 is 39.5. The lowest BCUT2D eigenvalue weighted by molar-refractivity contribution is 0.0293. The average molecular weight is 680 g/mol. The normalized spacial score (nSPS) is 15.3. The van der Waals surface area contributed by atoms with Crippen molar-refractivity contribution in [3.63, 3.8) is 0 Å². The van der Waals surface area contributed by atoms with Crippen LogP contribution in [0.5, 0.6) is 5.88 Å². The van der Waals surface area contributed by atoms with Gasteiger partial charge in [0.05, 0.1) is 33.4 Å². The van der Waals surface area contributed by atoms with Crippen LogP contribution in [0.3, 0.4) is 0 Å². The fourth-order valence-electron chi connectivity index (χ4n) is 4.66. The summed E-state index contributed by atoms with van der Waals surface area (Å²) in [6, 6.07) is 9.62. The van der Waals surface area contributed by atoms with Crippen LogP contribution in [0.2, 0.25) is 15.1 Å². The molecular weight excluding hydrogens is 651 g/mol. The lowest BCUT2D eigenvalue weighted by Crippen LogP contribution is -2.36. The molecule has 232 valence electrons. The van der Waals surface area contributed by atoms with Gasteiger partial charge in [0.1, 0.15) is 5.60 Å². The number of nitrogens with zero attached hydrogens (tertiary/aromatic N) is 4. The van der Waals surface area contributed by atoms with E-state index >= 15 is 0 Å². The molecule has 1 aliphatic heterocycles. The first-order chi connectivity index (χ1) is 20.7. The molecule has 2 aromatic heterocycles. The molecule has 15 heteroatoms. The maximum absolute atomic E-state index is 13.2. The Morgan fingerprint density at radius 2 is 1.84 bits per heavy atom. The van der Waals surface area contributed by atoms with Crippen molar-refractivity contribution in [3.05, 3.63) is 63.9 Å². The number of halogens is 3. The van der Waals surface area contributed by atoms with Crippen molar-refractivity contribution in [1.82, 2.24) is 19.9 Å². The molecule has 0 saturated carbocycles. The number of amides is 1. The highest BCUT2D eigenvalue weighted by Crippen LogP contribution is 2.41. The van der Waals surface area contributed by atoms with E-state index in [4.69, 9.17) is 44.3 Å². The van der Waals surface area contributed by atoms with Gasteiger partial charge < -0.3 is 19.7 Å². The van der Waals surface area contributed by atoms with Gasteiger partial charge in [-0.1, -0.05) is 40.9 Å². The van der Waals surface area contributed by atoms with Gasteiger partial charge in [-0.25, -0.2) is 28.2 Å². The lowest BCUT2D eigenvalue weighted by atomic mass is 10.0. The third-order valence-corrected chi connectivity index (χ3v) is 8.92. The first-order valence-electron chi connectivity index (χ1n) is 13.5. The number of likely N-dealkylation sites (tertiary alicyclic amines) is 1. The summed E-state index contributed by atoms with van der Waals surface area (Å²) >= 11 is 19.3. The predicted molar refractivity (Wildman–Crippen MR) is 171 cm³/mol. The van der Waals surface area contributed by atoms with Crippen molar-refractivity contribution in [2.24, 2.45) is 0 Å². The van der Waals surface area contributed by atoms with Gasteiger partial charge in [-0.3, -0.25) is 4.72 Å². The van der Waals surface area contributed by atoms with E-state index in [-0.39, 0.29) is 38.6 Å². The molecule has 2 aromatic carbocycles. The van der Waals surface area contributed by atoms with Crippen LogP contribution >= 0.6 is 34.8 Å². The van der Waals surface area contributed by atoms with E-state index < -0.39 is 15.6 Å². The molecule has 1 amide bonds. The Morgan fingerprint density at radius 3 is 2.57 bits per heavy atom. The number of carbonyl (C=O) groups is 1. The van der Waals surface area contributed by atoms with Crippen molar-refractivity contribution >= 4 is 73.5 Å². The van der Waals surface area contributed by atoms with Crippen LogP contribution in [0.1, 0.15) is 27.2 Å². The van der Waals surface area contributed by atoms with E-state index in [9.17, 15) is 13.2 Å². The Balaban J connectivity index is 1.36. The number of sulfonamides is 1. The number of hydrogen-bond donors (Lipinski definition) is 2. The van der Waals surface area contributed by atoms with E-state index in [0.717, 1.165) is 6.42 Å². The van der Waals surface area contributed by atoms with E-state index in [0.29, 0.717) is 46.1 Å². The number of hydrogen-bond acceptors (Lipinski definition) is 9. The minimum atomic E-state index is -4.18. The van der Waals surface area contributed by atoms with Crippen LogP contribution < -0.4 is 14.8 Å². The summed E-state index contributed by atoms with van der Waals surface area (Å²) in [5.41, 5.74) is 1.25. The number of methoxy groups -OCH3 is 1. The summed E-state index contributed by atoms with van der Waals surface area (Å²) in [6.45, 7) is 6.56. The first kappa shape index (κ1) is 31.8. The van der Waals surface area contributed by atoms with Crippen LogP contribution in [-0.2, 0) is 14.8 Å². The van der Waals surface area contributed by atoms with Crippen LogP contribution in [-0.4, -0.2) is 66.2 Å². The van der Waals surface area contributed by atoms with E-state index in [1.54, 1.807) is 29.3 Å². The van der Waals surface area contributed by atoms with Gasteiger partial charge in [0.15, 0.2) is 4.90 Å². The Hall–Kier alpha value is -3.58. The van der Waals surface area contributed by atoms with Crippen LogP contribution in [0.15, 0.2) is 53.7 Å². The number of aromatic nitrogens is 3. The zero-order chi connectivity index (χ0) is 31.8. The molecule has 1 aliphatic rings. The molecule has 4 aromatic rings. The molecule has 3 heterocycles. The van der Waals surface area contributed by atoms with Crippen LogP contribution in [0.25, 0.3) is 22.0 Å². The molecule has 0 aliphatic carbocycles. The number of carbonyl (C=O) groups excluding carboxylic acids is 1. The van der Waals surface area contributed by atoms with Crippen molar-refractivity contribution in [2.75, 3.05) is 30.2 Å². The lowest BCUT2D eigenvalue weighted by Gasteiger charge is -2.24. The zero-order valence-electron chi connectivity index (χ0n) is 24.2. The molecule has 1 fully saturated rings. The number of anilines is 2. The molecule has 2 N–H and O–H groups in total. The standard InChI is InChI=1S/C29H29Cl3N6O5S/c1-29(2,3)43-28(39)38-10-9-19(15-38)35-27-34-13-17-11-16(5-7-21(17)36-27)24-20(31)6-8-22(25(24)32)37-44(40,41)23-12-18(30)14-33-26(23)42-4/h5-8,11-14,19,37H,9-10,15H2,1-4H3,(H,34,35,36)/t19-/m1/s1. The van der Waals surface area contributed by atoms with Crippen molar-refractivity contribution < 1.29 is 22.7 Å². The molecule has 0 radical (unpaired) electrons. The summed E-state index contributed by atoms with van der Waals surface area (Å²) in [6.07, 6.45) is 3.34. The molecule has 0 unspecified atom stereocenters. The summed E-state index contributed by atoms with van der Waals surface area (Å²) in [7, 11) is -2.88. The van der Waals surface area contributed by atoms with Gasteiger partial charge in [0, 0.05) is 42.5 Å². The number of ether oxygens (including phenoxy) is 2. The minimum absolute atomic E-state index is 0.0222. The van der Waals surface area contributed by atoms with Gasteiger partial charge in [-0.05, 0) is 63.1 Å². The highest BCUT2D eigenvalue weighted by molar-refractivity contribution is 7.92. The van der Waals surface area contributed by atoms with E-state index in [1.165, 1.54) is 25.4 Å². The second-order valence-electron chi connectivity index (χ2n) is 11.1. The number of rotatable bonds is 7. The minimum Gasteiger partial charge on any atom is -0.480 e. The van der Waals surface area contributed by atoms with Crippen LogP contribution in [0, 0.1) is 0 Å². The average Bonchev–Trinajstić information content (AvgIpc) is 3.42. The second kappa shape index (κ2) is 12.4. The number of benzene rings is 2. The largest absolute Gasteiger partial charge is 0.480 e. The zero-order valence-corrected chi connectivity index (χ0v) is 27.3. The fourth-order valence-corrected chi connectivity index (χ4v) is 6.79. The van der Waals surface area contributed by atoms with Gasteiger partial charge in [-0.2, -0.15) is 0 Å². The van der Waals surface area contributed by atoms with Gasteiger partial charge in [0.2, 0.25) is 11.8 Å². The monoisotopic (exact) mass is 678 g/mol. The Kier molecular flexibility index (Phi) is 8.99. The highest BCUT2D eigenvalue weighted by atomic mass is 35.5. The highest BCUT2D eigenvalue weighted by Gasteiger charge is 2.30. The molecule has 0 spiro atoms. The predicted octanol–water partition coefficient (Wildman–Crippen LogP) is 6.88. The molecule has 0 bridgehead atoms. The third-order valence-electron chi connectivity index (χ3n) is 6.64. The Morgan fingerprint density at radius 1 is 1.07 bits per heavy atom. The number of fused-ring (bicyclic) bond motifs is 1. The maximum atomic E-state index is 13.2. The molecule has 11 nitrogen and oxygen atoms in total. The number of pyridine rings is 1. The topological polar surface area (TPSA) is 136 Å². The Bertz CT molecular complexity index is 1850. The SMILES string of the molecule is COc1ncc(Cl)cc1S(=O)(=O)Nc1ccc(Cl)c(-c2ccc3nc(N[C@@H]4CCN(C(=O)OC(C)(C)C)C4)ncc3c2)c1Cl. The molecule has 1 atom stereocenters. The van der Waals surface area contributed by atoms with Gasteiger partial charge >= 0.3 is 6.09 Å². The number of nitrogens with one attached hydrogen (secondary N) is 2. The summed E-state index contributed by atoms with van der Waals surface area (Å²) in [5, 5.41) is 4.53. The molecular formula is C29H29Cl3N6O5S. The van der Waals surface area contributed by atoms with Gasteiger partial charge in [-0.15, -0.1) is 0 Å². The van der Waals surface area contributed by atoms with Crippen molar-refractivity contribution in [1.29, 1.82) is 0 Å². The summed E-state index contributed by atoms with van der Waals surface area (Å²) in [5.74, 6) is 0.309. The second-order valence-corrected chi connectivity index (χ2v) is 13.9. The quantitative estimate of drug-likeness (QED) is 0.214. The first-order valence-corrected chi connectivity index (χ1v) is 16.1. The van der Waals surface area contributed by atoms with Crippen LogP contribution in [0.4, 0.5) is 16.4 Å². The van der Waals surface area contributed by atoms with E-state index in [1.807, 2.05) is 26.8 Å². The summed E-state index contributed by atoms with van der Waals surface area (Å²) in [4.78, 5) is 26.8. The molecule has 1 saturated heterocycles. The smallest absolute Gasteiger partial charge is 0.410 e. The molecule has 5 rings (SSSR count). The Labute approximate surface area is 269 Å². The van der Waals surface area contributed by atoms with E-state index in [2.05, 4.69) is 25.0 Å². The maximum Gasteiger partial charge on any atom is 0.410 e. The van der Waals surface area contributed by atoms with Crippen molar-refractivity contribution in [3.8, 4) is 17.0 Å². The fraction of sp³-hybridized carbons (Fsp3) is 0.310. The third kappa shape index (κ3) is 7.04. The molecule has 44 heavy (non-hydrogen) atoms. The van der Waals surface area contributed by atoms with Crippen molar-refractivity contribution in [2.45, 2.75) is 43.7 Å².